The maximum Gasteiger partial charge on any atom is 0.435 e. The third-order valence-electron chi connectivity index (χ3n) is 4.32. The second-order valence-electron chi connectivity index (χ2n) is 6.77. The van der Waals surface area contributed by atoms with E-state index in [0.29, 0.717) is 23.1 Å². The van der Waals surface area contributed by atoms with Crippen molar-refractivity contribution in [3.8, 4) is 0 Å². The number of benzene rings is 1. The number of carbonyl (C=O) groups is 1. The van der Waals surface area contributed by atoms with Crippen LogP contribution in [0.1, 0.15) is 23.9 Å². The standard InChI is InChI=1S/C19H19ClF3N5O/c1-12(10-28-13(2)9-16(25-28)19(21,22)23)18(29)24-17-7-8-27(26-17)11-14-3-5-15(20)6-4-14/h3-9,12H,10-11H2,1-2H3,(H,24,26,29). The van der Waals surface area contributed by atoms with Crippen LogP contribution in [0.4, 0.5) is 19.0 Å². The molecule has 1 unspecified atom stereocenters. The molecule has 1 atom stereocenters. The van der Waals surface area contributed by atoms with Gasteiger partial charge in [-0.1, -0.05) is 30.7 Å². The number of rotatable bonds is 6. The second-order valence-corrected chi connectivity index (χ2v) is 7.20. The van der Waals surface area contributed by atoms with E-state index >= 15 is 0 Å². The number of nitrogens with zero attached hydrogens (tertiary/aromatic N) is 4. The number of hydrogen-bond acceptors (Lipinski definition) is 3. The Kier molecular flexibility index (Phi) is 5.97. The predicted octanol–water partition coefficient (Wildman–Crippen LogP) is 4.38. The lowest BCUT2D eigenvalue weighted by Gasteiger charge is -2.12. The van der Waals surface area contributed by atoms with Gasteiger partial charge in [0.15, 0.2) is 11.5 Å². The molecular formula is C19H19ClF3N5O. The number of amides is 1. The maximum absolute atomic E-state index is 12.8. The Hall–Kier alpha value is -2.81. The molecule has 6 nitrogen and oxygen atoms in total. The van der Waals surface area contributed by atoms with E-state index in [2.05, 4.69) is 15.5 Å². The van der Waals surface area contributed by atoms with E-state index in [0.717, 1.165) is 11.6 Å². The van der Waals surface area contributed by atoms with Gasteiger partial charge in [0.2, 0.25) is 5.91 Å². The molecule has 0 aliphatic heterocycles. The minimum absolute atomic E-state index is 0.0270. The Balaban J connectivity index is 1.59. The third-order valence-corrected chi connectivity index (χ3v) is 4.57. The van der Waals surface area contributed by atoms with Crippen molar-refractivity contribution in [1.82, 2.24) is 19.6 Å². The summed E-state index contributed by atoms with van der Waals surface area (Å²) < 4.78 is 41.2. The first-order valence-corrected chi connectivity index (χ1v) is 9.20. The van der Waals surface area contributed by atoms with Gasteiger partial charge in [0, 0.05) is 23.0 Å². The molecule has 10 heteroatoms. The maximum atomic E-state index is 12.8. The van der Waals surface area contributed by atoms with E-state index in [9.17, 15) is 18.0 Å². The number of halogens is 4. The zero-order chi connectivity index (χ0) is 21.2. The Morgan fingerprint density at radius 1 is 1.21 bits per heavy atom. The molecule has 0 saturated carbocycles. The molecule has 0 radical (unpaired) electrons. The summed E-state index contributed by atoms with van der Waals surface area (Å²) >= 11 is 5.87. The second kappa shape index (κ2) is 8.28. The van der Waals surface area contributed by atoms with E-state index in [-0.39, 0.29) is 12.5 Å². The van der Waals surface area contributed by atoms with Gasteiger partial charge in [-0.2, -0.15) is 23.4 Å². The molecule has 3 rings (SSSR count). The van der Waals surface area contributed by atoms with Gasteiger partial charge in [-0.05, 0) is 30.7 Å². The van der Waals surface area contributed by atoms with Crippen LogP contribution in [0.5, 0.6) is 0 Å². The minimum Gasteiger partial charge on any atom is -0.309 e. The fourth-order valence-electron chi connectivity index (χ4n) is 2.72. The van der Waals surface area contributed by atoms with Gasteiger partial charge < -0.3 is 5.32 Å². The van der Waals surface area contributed by atoms with Crippen molar-refractivity contribution in [3.05, 3.63) is 64.6 Å². The molecule has 0 saturated heterocycles. The lowest BCUT2D eigenvalue weighted by Crippen LogP contribution is -2.25. The summed E-state index contributed by atoms with van der Waals surface area (Å²) in [6.07, 6.45) is -2.79. The first kappa shape index (κ1) is 20.9. The van der Waals surface area contributed by atoms with Crippen LogP contribution in [0.2, 0.25) is 5.02 Å². The predicted molar refractivity (Wildman–Crippen MR) is 103 cm³/mol. The molecule has 0 aliphatic rings. The summed E-state index contributed by atoms with van der Waals surface area (Å²) in [5, 5.41) is 11.2. The van der Waals surface area contributed by atoms with E-state index in [4.69, 9.17) is 11.6 Å². The van der Waals surface area contributed by atoms with Crippen molar-refractivity contribution < 1.29 is 18.0 Å². The van der Waals surface area contributed by atoms with Crippen LogP contribution in [0.25, 0.3) is 0 Å². The van der Waals surface area contributed by atoms with Crippen LogP contribution in [-0.4, -0.2) is 25.5 Å². The number of hydrogen-bond donors (Lipinski definition) is 1. The zero-order valence-corrected chi connectivity index (χ0v) is 16.5. The molecule has 3 aromatic rings. The van der Waals surface area contributed by atoms with Crippen molar-refractivity contribution in [3.63, 3.8) is 0 Å². The summed E-state index contributed by atoms with van der Waals surface area (Å²) in [6.45, 7) is 3.67. The molecule has 1 amide bonds. The molecule has 0 aliphatic carbocycles. The van der Waals surface area contributed by atoms with Gasteiger partial charge in [-0.25, -0.2) is 0 Å². The van der Waals surface area contributed by atoms with Crippen LogP contribution >= 0.6 is 11.6 Å². The number of nitrogens with one attached hydrogen (secondary N) is 1. The number of aryl methyl sites for hydroxylation is 1. The Labute approximate surface area is 170 Å². The van der Waals surface area contributed by atoms with Gasteiger partial charge in [-0.15, -0.1) is 0 Å². The highest BCUT2D eigenvalue weighted by molar-refractivity contribution is 6.30. The van der Waals surface area contributed by atoms with Crippen LogP contribution in [-0.2, 0) is 24.1 Å². The molecule has 1 N–H and O–H groups in total. The summed E-state index contributed by atoms with van der Waals surface area (Å²) in [5.41, 5.74) is 0.367. The number of alkyl halides is 3. The zero-order valence-electron chi connectivity index (χ0n) is 15.7. The lowest BCUT2D eigenvalue weighted by atomic mass is 10.1. The van der Waals surface area contributed by atoms with Gasteiger partial charge in [0.05, 0.1) is 19.0 Å². The van der Waals surface area contributed by atoms with Gasteiger partial charge in [-0.3, -0.25) is 14.2 Å². The van der Waals surface area contributed by atoms with Crippen molar-refractivity contribution in [2.45, 2.75) is 33.1 Å². The van der Waals surface area contributed by atoms with Gasteiger partial charge in [0.25, 0.3) is 0 Å². The average molecular weight is 426 g/mol. The number of aromatic nitrogens is 4. The van der Waals surface area contributed by atoms with Crippen molar-refractivity contribution >= 4 is 23.3 Å². The van der Waals surface area contributed by atoms with Crippen molar-refractivity contribution in [2.24, 2.45) is 5.92 Å². The highest BCUT2D eigenvalue weighted by Gasteiger charge is 2.34. The topological polar surface area (TPSA) is 64.7 Å². The highest BCUT2D eigenvalue weighted by Crippen LogP contribution is 2.28. The van der Waals surface area contributed by atoms with Crippen LogP contribution in [0.3, 0.4) is 0 Å². The molecule has 0 fully saturated rings. The van der Waals surface area contributed by atoms with Crippen molar-refractivity contribution in [2.75, 3.05) is 5.32 Å². The first-order valence-electron chi connectivity index (χ1n) is 8.82. The molecule has 0 spiro atoms. The van der Waals surface area contributed by atoms with Crippen LogP contribution in [0, 0.1) is 12.8 Å². The summed E-state index contributed by atoms with van der Waals surface area (Å²) in [4.78, 5) is 12.4. The normalized spacial score (nSPS) is 12.8. The largest absolute Gasteiger partial charge is 0.435 e. The molecule has 29 heavy (non-hydrogen) atoms. The van der Waals surface area contributed by atoms with E-state index in [1.165, 1.54) is 11.6 Å². The smallest absolute Gasteiger partial charge is 0.309 e. The third kappa shape index (κ3) is 5.38. The Bertz CT molecular complexity index is 994. The van der Waals surface area contributed by atoms with Crippen LogP contribution < -0.4 is 5.32 Å². The van der Waals surface area contributed by atoms with E-state index in [1.54, 1.807) is 36.0 Å². The van der Waals surface area contributed by atoms with Crippen molar-refractivity contribution in [1.29, 1.82) is 0 Å². The fourth-order valence-corrected chi connectivity index (χ4v) is 2.84. The monoisotopic (exact) mass is 425 g/mol. The Morgan fingerprint density at radius 3 is 2.52 bits per heavy atom. The molecule has 154 valence electrons. The summed E-state index contributed by atoms with van der Waals surface area (Å²) in [7, 11) is 0. The molecular weight excluding hydrogens is 407 g/mol. The fraction of sp³-hybridized carbons (Fsp3) is 0.316. The number of anilines is 1. The molecule has 1 aromatic carbocycles. The summed E-state index contributed by atoms with van der Waals surface area (Å²) in [6, 6.07) is 9.95. The highest BCUT2D eigenvalue weighted by atomic mass is 35.5. The number of carbonyl (C=O) groups excluding carboxylic acids is 1. The molecule has 2 heterocycles. The quantitative estimate of drug-likeness (QED) is 0.637. The van der Waals surface area contributed by atoms with Crippen LogP contribution in [0.15, 0.2) is 42.6 Å². The molecule has 2 aromatic heterocycles. The SMILES string of the molecule is Cc1cc(C(F)(F)F)nn1CC(C)C(=O)Nc1ccn(Cc2ccc(Cl)cc2)n1. The Morgan fingerprint density at radius 2 is 1.90 bits per heavy atom. The van der Waals surface area contributed by atoms with Gasteiger partial charge >= 0.3 is 6.18 Å². The van der Waals surface area contributed by atoms with E-state index < -0.39 is 17.8 Å². The van der Waals surface area contributed by atoms with E-state index in [1.807, 2.05) is 12.1 Å². The minimum atomic E-state index is -4.52. The average Bonchev–Trinajstić information content (AvgIpc) is 3.23. The first-order chi connectivity index (χ1) is 13.6. The molecule has 0 bridgehead atoms. The summed E-state index contributed by atoms with van der Waals surface area (Å²) in [5.74, 6) is -0.592. The van der Waals surface area contributed by atoms with Gasteiger partial charge in [0.1, 0.15) is 0 Å². The lowest BCUT2D eigenvalue weighted by molar-refractivity contribution is -0.141.